The number of nitrogens with zero attached hydrogens (tertiary/aromatic N) is 2. The molecule has 0 bridgehead atoms. The predicted molar refractivity (Wildman–Crippen MR) is 150 cm³/mol. The molecule has 0 spiro atoms. The van der Waals surface area contributed by atoms with E-state index < -0.39 is 34.3 Å². The monoisotopic (exact) mass is 576 g/mol. The van der Waals surface area contributed by atoms with Crippen LogP contribution in [0, 0.1) is 5.92 Å². The van der Waals surface area contributed by atoms with Crippen molar-refractivity contribution >= 4 is 21.9 Å². The van der Waals surface area contributed by atoms with Crippen LogP contribution in [0.2, 0.25) is 0 Å². The second-order valence-corrected chi connectivity index (χ2v) is 12.3. The first-order valence-corrected chi connectivity index (χ1v) is 14.9. The largest absolute Gasteiger partial charge is 0.497 e. The van der Waals surface area contributed by atoms with Gasteiger partial charge in [-0.3, -0.25) is 4.90 Å². The summed E-state index contributed by atoms with van der Waals surface area (Å²) in [5.41, 5.74) is 0.816. The fourth-order valence-electron chi connectivity index (χ4n) is 4.97. The van der Waals surface area contributed by atoms with Crippen molar-refractivity contribution in [1.82, 2.24) is 9.21 Å². The third kappa shape index (κ3) is 8.50. The molecule has 0 aromatic heterocycles. The molecular formula is C29H40N2O8S. The molecule has 1 heterocycles. The number of sulfonamides is 1. The number of aliphatic hydroxyl groups excluding tert-OH is 1. The molecule has 1 amide bonds. The lowest BCUT2D eigenvalue weighted by Gasteiger charge is -2.38. The number of hydrogen-bond donors (Lipinski definition) is 2. The molecule has 40 heavy (non-hydrogen) atoms. The Morgan fingerprint density at radius 2 is 1.77 bits per heavy atom. The fourth-order valence-corrected chi connectivity index (χ4v) is 6.55. The normalized spacial score (nSPS) is 17.8. The van der Waals surface area contributed by atoms with Crippen molar-refractivity contribution in [3.8, 4) is 5.75 Å². The number of ketones is 1. The number of carbonyl (C=O) groups is 2. The second-order valence-electron chi connectivity index (χ2n) is 10.4. The summed E-state index contributed by atoms with van der Waals surface area (Å²) in [5, 5.41) is 21.8. The lowest BCUT2D eigenvalue weighted by Crippen LogP contribution is -2.56. The number of methoxy groups -OCH3 is 1. The SMILES string of the molecule is COc1ccc(S(=O)(=O)N(CC(C)CCC(C)=O)C[C@@H](O)[C@H](Cc2ccccc2)N(C(=O)O)[C@H]2CCOC2)cc1. The maximum atomic E-state index is 13.8. The maximum absolute atomic E-state index is 13.8. The molecule has 1 aliphatic heterocycles. The van der Waals surface area contributed by atoms with Gasteiger partial charge in [-0.1, -0.05) is 37.3 Å². The number of rotatable bonds is 15. The minimum Gasteiger partial charge on any atom is -0.497 e. The molecule has 1 aliphatic rings. The molecule has 2 N–H and O–H groups in total. The van der Waals surface area contributed by atoms with Gasteiger partial charge in [0.1, 0.15) is 11.5 Å². The number of Topliss-reactive ketones (excluding diaryl/α,β-unsaturated/α-hetero) is 1. The van der Waals surface area contributed by atoms with Gasteiger partial charge >= 0.3 is 6.09 Å². The summed E-state index contributed by atoms with van der Waals surface area (Å²) in [6, 6.07) is 13.8. The number of carbonyl (C=O) groups excluding carboxylic acids is 1. The zero-order chi connectivity index (χ0) is 29.3. The lowest BCUT2D eigenvalue weighted by atomic mass is 9.97. The smallest absolute Gasteiger partial charge is 0.407 e. The molecule has 0 aliphatic carbocycles. The van der Waals surface area contributed by atoms with E-state index in [1.807, 2.05) is 37.3 Å². The van der Waals surface area contributed by atoms with Crippen LogP contribution >= 0.6 is 0 Å². The minimum atomic E-state index is -4.08. The summed E-state index contributed by atoms with van der Waals surface area (Å²) in [4.78, 5) is 25.3. The Bertz CT molecular complexity index is 1200. The molecule has 1 saturated heterocycles. The second kappa shape index (κ2) is 14.6. The Balaban J connectivity index is 1.96. The summed E-state index contributed by atoms with van der Waals surface area (Å²) < 4.78 is 39.5. The highest BCUT2D eigenvalue weighted by molar-refractivity contribution is 7.89. The number of benzene rings is 2. The van der Waals surface area contributed by atoms with Gasteiger partial charge in [0.25, 0.3) is 0 Å². The van der Waals surface area contributed by atoms with Crippen LogP contribution in [-0.2, 0) is 26.0 Å². The van der Waals surface area contributed by atoms with Crippen molar-refractivity contribution in [2.45, 2.75) is 62.6 Å². The highest BCUT2D eigenvalue weighted by Gasteiger charge is 2.39. The van der Waals surface area contributed by atoms with E-state index in [9.17, 15) is 28.2 Å². The molecule has 2 aromatic rings. The Hall–Kier alpha value is -2.99. The van der Waals surface area contributed by atoms with Crippen LogP contribution in [0.1, 0.15) is 38.7 Å². The van der Waals surface area contributed by atoms with E-state index in [-0.39, 0.29) is 42.7 Å². The molecule has 220 valence electrons. The van der Waals surface area contributed by atoms with E-state index in [0.29, 0.717) is 31.6 Å². The molecule has 3 rings (SSSR count). The summed E-state index contributed by atoms with van der Waals surface area (Å²) in [7, 11) is -2.60. The average molecular weight is 577 g/mol. The van der Waals surface area contributed by atoms with E-state index in [0.717, 1.165) is 5.56 Å². The molecule has 0 radical (unpaired) electrons. The van der Waals surface area contributed by atoms with Gasteiger partial charge in [-0.25, -0.2) is 13.2 Å². The van der Waals surface area contributed by atoms with Crippen molar-refractivity contribution in [3.63, 3.8) is 0 Å². The van der Waals surface area contributed by atoms with Gasteiger partial charge in [-0.2, -0.15) is 4.31 Å². The quantitative estimate of drug-likeness (QED) is 0.330. The van der Waals surface area contributed by atoms with Gasteiger partial charge in [-0.15, -0.1) is 0 Å². The van der Waals surface area contributed by atoms with Crippen molar-refractivity contribution < 1.29 is 37.7 Å². The Kier molecular flexibility index (Phi) is 11.5. The van der Waals surface area contributed by atoms with Crippen LogP contribution in [0.4, 0.5) is 4.79 Å². The summed E-state index contributed by atoms with van der Waals surface area (Å²) in [6.45, 7) is 3.69. The van der Waals surface area contributed by atoms with E-state index >= 15 is 0 Å². The van der Waals surface area contributed by atoms with Gasteiger partial charge in [0.2, 0.25) is 10.0 Å². The minimum absolute atomic E-state index is 0.00949. The van der Waals surface area contributed by atoms with Gasteiger partial charge in [0.05, 0.1) is 36.8 Å². The number of hydrogen-bond acceptors (Lipinski definition) is 7. The molecule has 2 aromatic carbocycles. The molecule has 4 atom stereocenters. The topological polar surface area (TPSA) is 134 Å². The van der Waals surface area contributed by atoms with E-state index in [1.165, 1.54) is 35.4 Å². The predicted octanol–water partition coefficient (Wildman–Crippen LogP) is 3.43. The van der Waals surface area contributed by atoms with Crippen molar-refractivity contribution in [3.05, 3.63) is 60.2 Å². The Morgan fingerprint density at radius 1 is 1.10 bits per heavy atom. The molecule has 1 fully saturated rings. The number of aliphatic hydroxyl groups is 1. The van der Waals surface area contributed by atoms with Gasteiger partial charge in [0.15, 0.2) is 0 Å². The Morgan fingerprint density at radius 3 is 2.33 bits per heavy atom. The van der Waals surface area contributed by atoms with Crippen LogP contribution in [0.5, 0.6) is 5.75 Å². The average Bonchev–Trinajstić information content (AvgIpc) is 3.46. The lowest BCUT2D eigenvalue weighted by molar-refractivity contribution is -0.117. The first-order valence-electron chi connectivity index (χ1n) is 13.5. The van der Waals surface area contributed by atoms with Crippen molar-refractivity contribution in [2.75, 3.05) is 33.4 Å². The van der Waals surface area contributed by atoms with E-state index in [2.05, 4.69) is 0 Å². The summed E-state index contributed by atoms with van der Waals surface area (Å²) >= 11 is 0. The Labute approximate surface area is 236 Å². The van der Waals surface area contributed by atoms with Gasteiger partial charge in [-0.05, 0) is 61.9 Å². The van der Waals surface area contributed by atoms with Crippen LogP contribution in [0.25, 0.3) is 0 Å². The zero-order valence-electron chi connectivity index (χ0n) is 23.3. The van der Waals surface area contributed by atoms with Crippen LogP contribution < -0.4 is 4.74 Å². The van der Waals surface area contributed by atoms with Crippen molar-refractivity contribution in [1.29, 1.82) is 0 Å². The number of ether oxygens (including phenoxy) is 2. The first kappa shape index (κ1) is 31.5. The molecule has 1 unspecified atom stereocenters. The van der Waals surface area contributed by atoms with Gasteiger partial charge in [0, 0.05) is 26.1 Å². The third-order valence-electron chi connectivity index (χ3n) is 7.20. The van der Waals surface area contributed by atoms with Crippen LogP contribution in [0.3, 0.4) is 0 Å². The highest BCUT2D eigenvalue weighted by atomic mass is 32.2. The van der Waals surface area contributed by atoms with Gasteiger partial charge < -0.3 is 24.5 Å². The van der Waals surface area contributed by atoms with Crippen LogP contribution in [-0.4, -0.2) is 91.3 Å². The molecule has 0 saturated carbocycles. The molecule has 10 nitrogen and oxygen atoms in total. The van der Waals surface area contributed by atoms with Crippen molar-refractivity contribution in [2.24, 2.45) is 5.92 Å². The number of carboxylic acid groups (broad SMARTS) is 1. The summed E-state index contributed by atoms with van der Waals surface area (Å²) in [6.07, 6.45) is -1.07. The number of amides is 1. The van der Waals surface area contributed by atoms with Crippen LogP contribution in [0.15, 0.2) is 59.5 Å². The highest BCUT2D eigenvalue weighted by Crippen LogP contribution is 2.26. The third-order valence-corrected chi connectivity index (χ3v) is 9.05. The molecular weight excluding hydrogens is 536 g/mol. The zero-order valence-corrected chi connectivity index (χ0v) is 24.1. The van der Waals surface area contributed by atoms with E-state index in [4.69, 9.17) is 9.47 Å². The fraction of sp³-hybridized carbons (Fsp3) is 0.517. The maximum Gasteiger partial charge on any atom is 0.407 e. The molecule has 11 heteroatoms. The standard InChI is InChI=1S/C29H40N2O8S/c1-21(9-10-22(2)32)18-30(40(36,37)26-13-11-25(38-3)12-14-26)19-28(33)27(17-23-7-5-4-6-8-23)31(29(34)35)24-15-16-39-20-24/h4-8,11-14,21,24,27-28,33H,9-10,15-20H2,1-3H3,(H,34,35)/t21?,24-,27-,28+/m0/s1. The first-order chi connectivity index (χ1) is 19.0. The van der Waals surface area contributed by atoms with E-state index in [1.54, 1.807) is 12.1 Å². The summed E-state index contributed by atoms with van der Waals surface area (Å²) in [5.74, 6) is 0.324.